The Balaban J connectivity index is 0.741. The summed E-state index contributed by atoms with van der Waals surface area (Å²) in [6, 6.07) is 0. The molecule has 4 aliphatic rings. The van der Waals surface area contributed by atoms with E-state index in [1.807, 2.05) is 0 Å². The number of nitrogens with zero attached hydrogens (tertiary/aromatic N) is 13. The molecule has 49 nitrogen and oxygen atoms in total. The van der Waals surface area contributed by atoms with E-state index in [9.17, 15) is 82.6 Å². The van der Waals surface area contributed by atoms with Gasteiger partial charge in [0, 0.05) is 7.11 Å². The van der Waals surface area contributed by atoms with Crippen LogP contribution >= 0.6 is 38.0 Å². The lowest BCUT2D eigenvalue weighted by Gasteiger charge is -2.35. The number of hydrogen-bond acceptors (Lipinski definition) is 38. The van der Waals surface area contributed by atoms with Crippen molar-refractivity contribution < 1.29 is 132 Å². The van der Waals surface area contributed by atoms with Crippen LogP contribution in [0.15, 0.2) is 52.3 Å². The van der Waals surface area contributed by atoms with E-state index in [1.54, 1.807) is 0 Å². The van der Waals surface area contributed by atoms with Gasteiger partial charge in [-0.1, -0.05) is 16.8 Å². The van der Waals surface area contributed by atoms with Crippen molar-refractivity contribution in [3.8, 4) is 0 Å². The van der Waals surface area contributed by atoms with Gasteiger partial charge in [0.15, 0.2) is 65.1 Å². The minimum Gasteiger partial charge on any atom is -0.780 e. The summed E-state index contributed by atoms with van der Waals surface area (Å²) < 4.78 is 129. The van der Waals surface area contributed by atoms with Crippen LogP contribution in [0.5, 0.6) is 0 Å². The predicted octanol–water partition coefficient (Wildman–Crippen LogP) is -6.33. The molecule has 21 atom stereocenters. The SMILES string of the molecule is COC1C(OP([O-])(=S)OCC2OC(n3cnc4c(=O)[nH]c(N)nc43)C(O)C2OP(=O)(O)OCC2OC(n3cnc4c(=O)[nH]c(N)nc43)C(O)C2O)C(COP(=O)(O)OP(=O)(O)OP(=O)(O)OCC2OC([n+]3cn(C)c4c(=O)[nH]cnc43)C(O)C2O)OC1n1cnc2c(N)ncnc21. The van der Waals surface area contributed by atoms with Crippen molar-refractivity contribution >= 4 is 112 Å². The number of phosphoric acid groups is 4. The maximum atomic E-state index is 14.6. The van der Waals surface area contributed by atoms with E-state index in [0.717, 1.165) is 52.4 Å². The van der Waals surface area contributed by atoms with E-state index in [0.29, 0.717) is 0 Å². The van der Waals surface area contributed by atoms with E-state index >= 15 is 0 Å². The van der Waals surface area contributed by atoms with Gasteiger partial charge in [0.2, 0.25) is 23.6 Å². The van der Waals surface area contributed by atoms with Crippen LogP contribution in [0.25, 0.3) is 44.7 Å². The molecule has 528 valence electrons. The fourth-order valence-electron chi connectivity index (χ4n) is 10.9. The number of ether oxygens (including phenoxy) is 5. The third kappa shape index (κ3) is 14.1. The van der Waals surface area contributed by atoms with Gasteiger partial charge >= 0.3 is 36.9 Å². The van der Waals surface area contributed by atoms with Crippen LogP contribution in [0.2, 0.25) is 0 Å². The second-order valence-corrected chi connectivity index (χ2v) is 30.1. The van der Waals surface area contributed by atoms with Crippen molar-refractivity contribution in [1.82, 2.24) is 73.1 Å². The molecule has 4 fully saturated rings. The highest BCUT2D eigenvalue weighted by atomic mass is 32.5. The van der Waals surface area contributed by atoms with Crippen molar-refractivity contribution in [3.05, 3.63) is 69.0 Å². The lowest BCUT2D eigenvalue weighted by Crippen LogP contribution is -2.46. The van der Waals surface area contributed by atoms with Gasteiger partial charge < -0.3 is 99.9 Å². The molecule has 4 aliphatic heterocycles. The fourth-order valence-corrected chi connectivity index (χ4v) is 16.8. The normalized spacial score (nSPS) is 30.9. The number of aliphatic hydroxyl groups is 5. The Hall–Kier alpha value is -6.35. The molecular formula is C42H54N19O30P5S. The number of imidazole rings is 4. The minimum atomic E-state index is -6.28. The molecule has 0 radical (unpaired) electrons. The molecule has 18 N–H and O–H groups in total. The van der Waals surface area contributed by atoms with Gasteiger partial charge in [0.1, 0.15) is 91.8 Å². The summed E-state index contributed by atoms with van der Waals surface area (Å²) in [5, 5.41) is 55.4. The number of fused-ring (bicyclic) bond motifs is 4. The number of hydrogen-bond donors (Lipinski definition) is 15. The number of H-pyrrole nitrogens is 3. The van der Waals surface area contributed by atoms with Crippen LogP contribution in [0.1, 0.15) is 24.9 Å². The first-order chi connectivity index (χ1) is 45.6. The minimum absolute atomic E-state index is 0.000840. The van der Waals surface area contributed by atoms with Gasteiger partial charge in [0.05, 0.1) is 52.5 Å². The van der Waals surface area contributed by atoms with Crippen LogP contribution in [0.4, 0.5) is 17.7 Å². The monoisotopic (exact) mass is 1490 g/mol. The van der Waals surface area contributed by atoms with Crippen molar-refractivity contribution in [2.45, 2.75) is 98.2 Å². The van der Waals surface area contributed by atoms with Gasteiger partial charge in [-0.15, -0.1) is 0 Å². The van der Waals surface area contributed by atoms with Gasteiger partial charge in [-0.05, 0) is 0 Å². The third-order valence-electron chi connectivity index (χ3n) is 15.2. The summed E-state index contributed by atoms with van der Waals surface area (Å²) >= 11 is 5.30. The van der Waals surface area contributed by atoms with E-state index in [4.69, 9.17) is 79.8 Å². The highest BCUT2D eigenvalue weighted by Crippen LogP contribution is 2.68. The van der Waals surface area contributed by atoms with Crippen LogP contribution < -0.4 is 43.3 Å². The molecule has 0 saturated carbocycles. The molecule has 21 unspecified atom stereocenters. The summed E-state index contributed by atoms with van der Waals surface area (Å²) in [5.74, 6) is -0.912. The predicted molar refractivity (Wildman–Crippen MR) is 312 cm³/mol. The number of nitrogens with one attached hydrogen (secondary N) is 3. The molecule has 0 bridgehead atoms. The number of aryl methyl sites for hydroxylation is 1. The quantitative estimate of drug-likeness (QED) is 0.0187. The highest BCUT2D eigenvalue weighted by molar-refractivity contribution is 8.06. The Labute approximate surface area is 540 Å². The number of aliphatic hydroxyl groups excluding tert-OH is 5. The largest absolute Gasteiger partial charge is 0.780 e. The molecule has 55 heteroatoms. The van der Waals surface area contributed by atoms with E-state index in [1.165, 1.54) is 22.5 Å². The van der Waals surface area contributed by atoms with Crippen LogP contribution in [-0.2, 0) is 96.6 Å². The first-order valence-corrected chi connectivity index (χ1v) is 36.0. The number of rotatable bonds is 25. The Morgan fingerprint density at radius 3 is 1.70 bits per heavy atom. The first-order valence-electron chi connectivity index (χ1n) is 27.5. The van der Waals surface area contributed by atoms with Crippen molar-refractivity contribution in [3.63, 3.8) is 0 Å². The summed E-state index contributed by atoms with van der Waals surface area (Å²) in [4.78, 5) is 134. The molecule has 12 rings (SSSR count). The van der Waals surface area contributed by atoms with Crippen LogP contribution in [0, 0.1) is 0 Å². The van der Waals surface area contributed by atoms with Crippen molar-refractivity contribution in [1.29, 1.82) is 0 Å². The summed E-state index contributed by atoms with van der Waals surface area (Å²) in [7, 11) is -21.3. The topological polar surface area (TPSA) is 697 Å². The number of aromatic amines is 3. The summed E-state index contributed by atoms with van der Waals surface area (Å²) in [6.07, 6.45) is -22.3. The number of anilines is 3. The molecule has 0 amide bonds. The second-order valence-electron chi connectivity index (χ2n) is 21.4. The van der Waals surface area contributed by atoms with E-state index in [2.05, 4.69) is 63.4 Å². The Morgan fingerprint density at radius 2 is 1.09 bits per heavy atom. The molecule has 0 spiro atoms. The summed E-state index contributed by atoms with van der Waals surface area (Å²) in [6.45, 7) is -9.89. The number of phosphoric ester groups is 3. The van der Waals surface area contributed by atoms with Gasteiger partial charge in [-0.25, -0.2) is 47.7 Å². The molecule has 12 heterocycles. The number of methoxy groups -OCH3 is 1. The molecule has 8 aromatic rings. The zero-order valence-corrected chi connectivity index (χ0v) is 54.1. The van der Waals surface area contributed by atoms with E-state index in [-0.39, 0.29) is 56.4 Å². The molecule has 0 aliphatic carbocycles. The highest BCUT2D eigenvalue weighted by Gasteiger charge is 2.54. The molecule has 0 aromatic carbocycles. The van der Waals surface area contributed by atoms with Crippen molar-refractivity contribution in [2.75, 3.05) is 50.7 Å². The summed E-state index contributed by atoms with van der Waals surface area (Å²) in [5.41, 5.74) is 14.2. The Bertz CT molecular complexity index is 4770. The van der Waals surface area contributed by atoms with Gasteiger partial charge in [-0.3, -0.25) is 65.7 Å². The average Bonchev–Trinajstić information content (AvgIpc) is 1.63. The maximum Gasteiger partial charge on any atom is 0.490 e. The molecular weight excluding hydrogens is 1440 g/mol. The van der Waals surface area contributed by atoms with Crippen LogP contribution in [-0.4, -0.2) is 225 Å². The van der Waals surface area contributed by atoms with E-state index < -0.39 is 185 Å². The number of nitrogens with two attached hydrogens (primary N) is 3. The van der Waals surface area contributed by atoms with Gasteiger partial charge in [0.25, 0.3) is 16.7 Å². The zero-order valence-electron chi connectivity index (χ0n) is 48.8. The van der Waals surface area contributed by atoms with Gasteiger partial charge in [-0.2, -0.15) is 18.6 Å². The second kappa shape index (κ2) is 26.6. The smallest absolute Gasteiger partial charge is 0.490 e. The molecule has 8 aromatic heterocycles. The Morgan fingerprint density at radius 1 is 0.588 bits per heavy atom. The fraction of sp³-hybridized carbons (Fsp3) is 0.524. The molecule has 97 heavy (non-hydrogen) atoms. The number of nitrogen functional groups attached to an aromatic ring is 3. The lowest BCUT2D eigenvalue weighted by molar-refractivity contribution is -0.745. The molecule has 4 saturated heterocycles. The maximum absolute atomic E-state index is 14.6. The average molecular weight is 1490 g/mol. The Kier molecular flexibility index (Phi) is 19.4. The van der Waals surface area contributed by atoms with Crippen LogP contribution in [0.3, 0.4) is 0 Å². The zero-order chi connectivity index (χ0) is 69.7. The standard InChI is InChI=1S/C42H54N19O30P5S/c1-57-12-61(33-20(57)36(69)49-8-48-33)38-24(65)22(63)14(85-38)4-81-93(72,73)90-95(76,77)91-94(74,75)82-5-16-27(28(79-2)40(87-16)58-9-50-17-29(43)46-7-47-30(17)58)89-96(78,97)83-6-15-26(25(66)39(86-15)60-11-52-19-32(60)54-42(45)56-35(19)68)88-92(70,71)80-3-13-21(62)23(64)37(84-13)59-10-51-18-31(59)53-41(44)55-34(18)67/h7-16,21-28,37-40,62-66H,3-6H2,1-2H3,(H13-,43,44,45,46,47,48,49,53,54,55,56,67,68,69,70,71,72,73,74,75,76,77,78,97). The first kappa shape index (κ1) is 70.5. The third-order valence-corrected chi connectivity index (χ3v) is 21.9. The van der Waals surface area contributed by atoms with Crippen molar-refractivity contribution in [2.24, 2.45) is 7.05 Å². The number of aromatic nitrogens is 16. The lowest BCUT2D eigenvalue weighted by atomic mass is 10.1.